The van der Waals surface area contributed by atoms with Gasteiger partial charge in [0.05, 0.1) is 11.1 Å². The van der Waals surface area contributed by atoms with Gasteiger partial charge in [-0.2, -0.15) is 10.5 Å². The van der Waals surface area contributed by atoms with Crippen molar-refractivity contribution in [3.8, 4) is 12.1 Å². The first-order valence-corrected chi connectivity index (χ1v) is 3.72. The molecule has 74 valence electrons. The van der Waals surface area contributed by atoms with Crippen molar-refractivity contribution in [2.75, 3.05) is 0 Å². The van der Waals surface area contributed by atoms with Crippen LogP contribution in [0.5, 0.6) is 0 Å². The van der Waals surface area contributed by atoms with Gasteiger partial charge >= 0.3 is 0 Å². The van der Waals surface area contributed by atoms with Gasteiger partial charge in [0.15, 0.2) is 0 Å². The number of pyridine rings is 1. The van der Waals surface area contributed by atoms with Gasteiger partial charge in [0.2, 0.25) is 0 Å². The molecule has 1 aromatic rings. The Morgan fingerprint density at radius 1 is 1.06 bits per heavy atom. The molecule has 0 unspecified atom stereocenters. The fraction of sp³-hybridized carbons (Fsp3) is 0. The van der Waals surface area contributed by atoms with E-state index in [1.54, 1.807) is 12.1 Å². The van der Waals surface area contributed by atoms with Crippen LogP contribution in [0.4, 0.5) is 11.6 Å². The Labute approximate surface area is 88.4 Å². The lowest BCUT2D eigenvalue weighted by molar-refractivity contribution is 1.19. The highest BCUT2D eigenvalue weighted by molar-refractivity contribution is 5.59. The minimum absolute atomic E-state index is 0.0637. The summed E-state index contributed by atoms with van der Waals surface area (Å²) in [6.07, 6.45) is 0. The van der Waals surface area contributed by atoms with Crippen LogP contribution in [0.2, 0.25) is 0 Å². The Hall–Kier alpha value is -3.25. The summed E-state index contributed by atoms with van der Waals surface area (Å²) < 4.78 is 0. The fourth-order valence-corrected chi connectivity index (χ4v) is 0.896. The molecule has 9 heteroatoms. The fourth-order valence-electron chi connectivity index (χ4n) is 0.896. The summed E-state index contributed by atoms with van der Waals surface area (Å²) >= 11 is 0. The number of azide groups is 2. The molecule has 1 rings (SSSR count). The largest absolute Gasteiger partial charge is 0.242 e. The average molecular weight is 211 g/mol. The van der Waals surface area contributed by atoms with E-state index in [9.17, 15) is 0 Å². The summed E-state index contributed by atoms with van der Waals surface area (Å²) in [6.45, 7) is 0. The van der Waals surface area contributed by atoms with Crippen molar-refractivity contribution in [1.29, 1.82) is 10.5 Å². The molecule has 0 radical (unpaired) electrons. The third kappa shape index (κ3) is 1.97. The SMILES string of the molecule is N#Cc1cc(C#N)c(N=[N+]=[N-])nc1N=[N+]=[N-]. The first-order valence-electron chi connectivity index (χ1n) is 3.72. The van der Waals surface area contributed by atoms with Crippen LogP contribution in [0.3, 0.4) is 0 Å². The summed E-state index contributed by atoms with van der Waals surface area (Å²) in [5.41, 5.74) is 16.3. The summed E-state index contributed by atoms with van der Waals surface area (Å²) in [6, 6.07) is 4.56. The Morgan fingerprint density at radius 3 is 1.81 bits per heavy atom. The van der Waals surface area contributed by atoms with Gasteiger partial charge in [0.25, 0.3) is 0 Å². The quantitative estimate of drug-likeness (QED) is 0.418. The third-order valence-electron chi connectivity index (χ3n) is 1.50. The second kappa shape index (κ2) is 4.84. The van der Waals surface area contributed by atoms with Crippen molar-refractivity contribution in [2.24, 2.45) is 10.2 Å². The zero-order chi connectivity index (χ0) is 12.0. The van der Waals surface area contributed by atoms with E-state index in [1.165, 1.54) is 0 Å². The summed E-state index contributed by atoms with van der Waals surface area (Å²) in [7, 11) is 0. The van der Waals surface area contributed by atoms with E-state index in [2.05, 4.69) is 25.0 Å². The molecule has 0 saturated heterocycles. The van der Waals surface area contributed by atoms with Crippen LogP contribution in [0.15, 0.2) is 16.3 Å². The van der Waals surface area contributed by atoms with E-state index in [0.29, 0.717) is 0 Å². The highest BCUT2D eigenvalue weighted by atomic mass is 15.2. The Morgan fingerprint density at radius 2 is 1.50 bits per heavy atom. The van der Waals surface area contributed by atoms with Crippen molar-refractivity contribution in [1.82, 2.24) is 4.98 Å². The normalized spacial score (nSPS) is 7.88. The summed E-state index contributed by atoms with van der Waals surface area (Å²) in [4.78, 5) is 8.54. The molecule has 0 atom stereocenters. The molecular formula is C7HN9. The lowest BCUT2D eigenvalue weighted by atomic mass is 10.2. The lowest BCUT2D eigenvalue weighted by Crippen LogP contribution is -1.86. The maximum Gasteiger partial charge on any atom is 0.145 e. The molecule has 16 heavy (non-hydrogen) atoms. The van der Waals surface area contributed by atoms with Crippen LogP contribution in [-0.4, -0.2) is 4.98 Å². The monoisotopic (exact) mass is 211 g/mol. The van der Waals surface area contributed by atoms with Gasteiger partial charge in [-0.1, -0.05) is 0 Å². The maximum absolute atomic E-state index is 8.70. The number of hydrogen-bond donors (Lipinski definition) is 0. The van der Waals surface area contributed by atoms with Crippen molar-refractivity contribution < 1.29 is 0 Å². The smallest absolute Gasteiger partial charge is 0.145 e. The summed E-state index contributed by atoms with van der Waals surface area (Å²) in [5.74, 6) is -0.460. The molecule has 9 nitrogen and oxygen atoms in total. The molecule has 0 saturated carbocycles. The Kier molecular flexibility index (Phi) is 3.28. The first-order chi connectivity index (χ1) is 7.76. The number of nitriles is 2. The van der Waals surface area contributed by atoms with Crippen LogP contribution >= 0.6 is 0 Å². The minimum atomic E-state index is -0.230. The van der Waals surface area contributed by atoms with Gasteiger partial charge in [-0.05, 0) is 27.4 Å². The molecule has 0 spiro atoms. The summed E-state index contributed by atoms with van der Waals surface area (Å²) in [5, 5.41) is 23.7. The highest BCUT2D eigenvalue weighted by Gasteiger charge is 2.09. The molecular weight excluding hydrogens is 210 g/mol. The average Bonchev–Trinajstić information content (AvgIpc) is 2.30. The molecule has 0 bridgehead atoms. The number of rotatable bonds is 2. The molecule has 0 aliphatic heterocycles. The van der Waals surface area contributed by atoms with E-state index < -0.39 is 0 Å². The maximum atomic E-state index is 8.70. The molecule has 0 N–H and O–H groups in total. The zero-order valence-electron chi connectivity index (χ0n) is 7.60. The topological polar surface area (TPSA) is 158 Å². The van der Waals surface area contributed by atoms with Crippen LogP contribution in [-0.2, 0) is 0 Å². The van der Waals surface area contributed by atoms with Crippen molar-refractivity contribution >= 4 is 11.6 Å². The number of aromatic nitrogens is 1. The van der Waals surface area contributed by atoms with Crippen LogP contribution in [0, 0.1) is 22.7 Å². The molecule has 0 aliphatic rings. The number of nitrogens with zero attached hydrogens (tertiary/aromatic N) is 9. The van der Waals surface area contributed by atoms with Gasteiger partial charge in [-0.3, -0.25) is 0 Å². The van der Waals surface area contributed by atoms with E-state index in [1.807, 2.05) is 0 Å². The zero-order valence-corrected chi connectivity index (χ0v) is 7.60. The molecule has 1 aromatic heterocycles. The lowest BCUT2D eigenvalue weighted by Gasteiger charge is -1.99. The highest BCUT2D eigenvalue weighted by Crippen LogP contribution is 2.24. The van der Waals surface area contributed by atoms with Crippen molar-refractivity contribution in [3.05, 3.63) is 38.1 Å². The van der Waals surface area contributed by atoms with Gasteiger partial charge in [0, 0.05) is 9.82 Å². The molecule has 0 fully saturated rings. The standard InChI is InChI=1S/C7HN9/c8-2-4-1-5(3-9)7(14-16-11)12-6(4)13-15-10/h1H. The predicted molar refractivity (Wildman–Crippen MR) is 51.3 cm³/mol. The van der Waals surface area contributed by atoms with Crippen LogP contribution in [0.1, 0.15) is 11.1 Å². The van der Waals surface area contributed by atoms with Gasteiger partial charge < -0.3 is 0 Å². The Bertz CT molecular complexity index is 553. The second-order valence-corrected chi connectivity index (χ2v) is 2.33. The third-order valence-corrected chi connectivity index (χ3v) is 1.50. The van der Waals surface area contributed by atoms with E-state index in [-0.39, 0.29) is 22.8 Å². The van der Waals surface area contributed by atoms with E-state index in [4.69, 9.17) is 21.6 Å². The second-order valence-electron chi connectivity index (χ2n) is 2.33. The molecule has 0 aliphatic carbocycles. The molecule has 0 amide bonds. The van der Waals surface area contributed by atoms with Gasteiger partial charge in [0.1, 0.15) is 23.8 Å². The first kappa shape index (κ1) is 10.8. The molecule has 1 heterocycles. The van der Waals surface area contributed by atoms with Crippen LogP contribution in [0.25, 0.3) is 20.9 Å². The Balaban J connectivity index is 3.61. The van der Waals surface area contributed by atoms with Crippen molar-refractivity contribution in [2.45, 2.75) is 0 Å². The molecule has 0 aromatic carbocycles. The minimum Gasteiger partial charge on any atom is -0.242 e. The number of hydrogen-bond acceptors (Lipinski definition) is 5. The van der Waals surface area contributed by atoms with Crippen LogP contribution < -0.4 is 0 Å². The van der Waals surface area contributed by atoms with E-state index >= 15 is 0 Å². The van der Waals surface area contributed by atoms with E-state index in [0.717, 1.165) is 6.07 Å². The van der Waals surface area contributed by atoms with Gasteiger partial charge in [-0.25, -0.2) is 4.98 Å². The van der Waals surface area contributed by atoms with Gasteiger partial charge in [-0.15, -0.1) is 0 Å². The van der Waals surface area contributed by atoms with Crippen molar-refractivity contribution in [3.63, 3.8) is 0 Å². The predicted octanol–water partition coefficient (Wildman–Crippen LogP) is 2.71.